The predicted molar refractivity (Wildman–Crippen MR) is 90.6 cm³/mol. The van der Waals surface area contributed by atoms with Gasteiger partial charge < -0.3 is 10.2 Å². The molecule has 5 rings (SSSR count). The zero-order chi connectivity index (χ0) is 19.1. The van der Waals surface area contributed by atoms with Crippen LogP contribution >= 0.6 is 0 Å². The number of phenols is 2. The van der Waals surface area contributed by atoms with E-state index in [4.69, 9.17) is 0 Å². The highest BCUT2D eigenvalue weighted by atomic mass is 16.6. The van der Waals surface area contributed by atoms with Crippen molar-refractivity contribution in [2.45, 2.75) is 12.8 Å². The first-order chi connectivity index (χ1) is 12.8. The average Bonchev–Trinajstić information content (AvgIpc) is 3.21. The Bertz CT molecular complexity index is 946. The maximum atomic E-state index is 12.8. The Kier molecular flexibility index (Phi) is 2.92. The van der Waals surface area contributed by atoms with E-state index >= 15 is 0 Å². The lowest BCUT2D eigenvalue weighted by molar-refractivity contribution is -0.385. The number of phenolic OH excluding ortho intramolecular Hbond substituents is 2. The Morgan fingerprint density at radius 3 is 2.22 bits per heavy atom. The maximum Gasteiger partial charge on any atom is 0.311 e. The third-order valence-electron chi connectivity index (χ3n) is 6.46. The maximum absolute atomic E-state index is 12.8. The summed E-state index contributed by atoms with van der Waals surface area (Å²) in [7, 11) is 0. The number of hydrogen-bond donors (Lipinski definition) is 2. The van der Waals surface area contributed by atoms with Crippen LogP contribution in [0.2, 0.25) is 0 Å². The van der Waals surface area contributed by atoms with Gasteiger partial charge in [-0.2, -0.15) is 10.1 Å². The van der Waals surface area contributed by atoms with Crippen molar-refractivity contribution in [1.29, 1.82) is 0 Å². The summed E-state index contributed by atoms with van der Waals surface area (Å²) >= 11 is 0. The number of hydrazone groups is 1. The molecule has 1 aliphatic heterocycles. The van der Waals surface area contributed by atoms with Gasteiger partial charge in [-0.15, -0.1) is 0 Å². The second-order valence-electron chi connectivity index (χ2n) is 7.61. The Balaban J connectivity index is 1.45. The van der Waals surface area contributed by atoms with Crippen LogP contribution in [0.5, 0.6) is 11.5 Å². The Morgan fingerprint density at radius 1 is 1.11 bits per heavy atom. The summed E-state index contributed by atoms with van der Waals surface area (Å²) in [4.78, 5) is 35.7. The van der Waals surface area contributed by atoms with Gasteiger partial charge in [0.2, 0.25) is 0 Å². The summed E-state index contributed by atoms with van der Waals surface area (Å²) in [6.45, 7) is 0. The Morgan fingerprint density at radius 2 is 1.70 bits per heavy atom. The molecule has 1 aromatic rings. The highest BCUT2D eigenvalue weighted by molar-refractivity contribution is 6.07. The molecular formula is C18H15N3O6. The SMILES string of the molecule is O=C1[C@H]2[C@H](C(=O)N1/N=C\c1cc([N+](=O)[O-])c(O)cc1O)[C@H]1C=C[C@H]2C12CC2. The minimum Gasteiger partial charge on any atom is -0.507 e. The number of carbonyl (C=O) groups excluding carboxylic acids is 2. The van der Waals surface area contributed by atoms with Crippen molar-refractivity contribution >= 4 is 23.7 Å². The van der Waals surface area contributed by atoms with E-state index in [2.05, 4.69) is 5.10 Å². The van der Waals surface area contributed by atoms with E-state index in [0.29, 0.717) is 0 Å². The molecule has 4 atom stereocenters. The quantitative estimate of drug-likeness (QED) is 0.273. The van der Waals surface area contributed by atoms with Gasteiger partial charge in [0, 0.05) is 17.7 Å². The summed E-state index contributed by atoms with van der Waals surface area (Å²) < 4.78 is 0. The van der Waals surface area contributed by atoms with Crippen LogP contribution < -0.4 is 0 Å². The molecule has 0 radical (unpaired) electrons. The minimum atomic E-state index is -0.804. The van der Waals surface area contributed by atoms with Crippen molar-refractivity contribution in [3.8, 4) is 11.5 Å². The molecule has 2 amide bonds. The standard InChI is InChI=1S/C18H15N3O6/c22-12-6-13(23)11(21(26)27)5-8(12)7-19-20-16(24)14-9-1-2-10(15(14)17(20)25)18(9)3-4-18/h1-2,5-7,9-10,14-15,22-23H,3-4H2/b19-7-/t9-,10-,14-,15-/m1/s1. The third-order valence-corrected chi connectivity index (χ3v) is 6.46. The fourth-order valence-electron chi connectivity index (χ4n) is 5.13. The fourth-order valence-corrected chi connectivity index (χ4v) is 5.13. The summed E-state index contributed by atoms with van der Waals surface area (Å²) in [5.41, 5.74) is -0.591. The fraction of sp³-hybridized carbons (Fsp3) is 0.389. The molecule has 3 fully saturated rings. The van der Waals surface area contributed by atoms with Crippen LogP contribution in [0.15, 0.2) is 29.4 Å². The van der Waals surface area contributed by atoms with E-state index < -0.39 is 33.9 Å². The Labute approximate surface area is 152 Å². The molecule has 9 heteroatoms. The molecule has 2 bridgehead atoms. The van der Waals surface area contributed by atoms with Gasteiger partial charge in [0.1, 0.15) is 5.75 Å². The molecule has 2 saturated carbocycles. The average molecular weight is 369 g/mol. The number of allylic oxidation sites excluding steroid dienone is 2. The molecule has 1 spiro atoms. The molecule has 1 heterocycles. The van der Waals surface area contributed by atoms with E-state index in [1.54, 1.807) is 0 Å². The van der Waals surface area contributed by atoms with Crippen LogP contribution in [0.25, 0.3) is 0 Å². The molecular weight excluding hydrogens is 354 g/mol. The largest absolute Gasteiger partial charge is 0.507 e. The lowest BCUT2D eigenvalue weighted by atomic mass is 9.85. The zero-order valence-electron chi connectivity index (χ0n) is 14.0. The van der Waals surface area contributed by atoms with Gasteiger partial charge in [0.15, 0.2) is 5.75 Å². The highest BCUT2D eigenvalue weighted by Gasteiger charge is 2.73. The summed E-state index contributed by atoms with van der Waals surface area (Å²) in [5.74, 6) is -2.49. The lowest BCUT2D eigenvalue weighted by Gasteiger charge is -2.18. The number of nitro benzene ring substituents is 1. The third kappa shape index (κ3) is 1.91. The van der Waals surface area contributed by atoms with Crippen molar-refractivity contribution in [2.75, 3.05) is 0 Å². The van der Waals surface area contributed by atoms with Crippen molar-refractivity contribution in [3.05, 3.63) is 40.0 Å². The molecule has 1 saturated heterocycles. The van der Waals surface area contributed by atoms with Gasteiger partial charge >= 0.3 is 5.69 Å². The zero-order valence-corrected chi connectivity index (χ0v) is 14.0. The lowest BCUT2D eigenvalue weighted by Crippen LogP contribution is -2.30. The highest BCUT2D eigenvalue weighted by Crippen LogP contribution is 2.73. The number of nitro groups is 1. The number of nitrogens with zero attached hydrogens (tertiary/aromatic N) is 3. The van der Waals surface area contributed by atoms with Gasteiger partial charge in [0.25, 0.3) is 11.8 Å². The minimum absolute atomic E-state index is 0.0723. The molecule has 9 nitrogen and oxygen atoms in total. The number of carbonyl (C=O) groups is 2. The number of rotatable bonds is 3. The van der Waals surface area contributed by atoms with Crippen molar-refractivity contribution in [2.24, 2.45) is 34.2 Å². The van der Waals surface area contributed by atoms with Crippen LogP contribution in [0, 0.1) is 39.2 Å². The first kappa shape index (κ1) is 16.0. The van der Waals surface area contributed by atoms with Gasteiger partial charge in [0.05, 0.1) is 23.0 Å². The second-order valence-corrected chi connectivity index (χ2v) is 7.61. The summed E-state index contributed by atoms with van der Waals surface area (Å²) in [6, 6.07) is 1.76. The van der Waals surface area contributed by atoms with Crippen molar-refractivity contribution in [3.63, 3.8) is 0 Å². The molecule has 2 N–H and O–H groups in total. The van der Waals surface area contributed by atoms with Gasteiger partial charge in [-0.25, -0.2) is 0 Å². The Hall–Kier alpha value is -3.23. The van der Waals surface area contributed by atoms with E-state index in [-0.39, 0.29) is 34.6 Å². The van der Waals surface area contributed by atoms with Gasteiger partial charge in [-0.1, -0.05) is 12.2 Å². The molecule has 0 unspecified atom stereocenters. The van der Waals surface area contributed by atoms with Gasteiger partial charge in [-0.05, 0) is 30.1 Å². The molecule has 0 aromatic heterocycles. The number of aromatic hydroxyl groups is 2. The number of hydrogen-bond acceptors (Lipinski definition) is 7. The number of fused-ring (bicyclic) bond motifs is 3. The van der Waals surface area contributed by atoms with Crippen LogP contribution in [0.1, 0.15) is 18.4 Å². The smallest absolute Gasteiger partial charge is 0.311 e. The monoisotopic (exact) mass is 369 g/mol. The number of imide groups is 1. The first-order valence-corrected chi connectivity index (χ1v) is 8.65. The van der Waals surface area contributed by atoms with Gasteiger partial charge in [-0.3, -0.25) is 19.7 Å². The first-order valence-electron chi connectivity index (χ1n) is 8.65. The molecule has 27 heavy (non-hydrogen) atoms. The van der Waals surface area contributed by atoms with E-state index in [1.807, 2.05) is 12.2 Å². The normalized spacial score (nSPS) is 32.1. The topological polar surface area (TPSA) is 133 Å². The summed E-state index contributed by atoms with van der Waals surface area (Å²) in [5, 5.41) is 35.0. The molecule has 3 aliphatic carbocycles. The van der Waals surface area contributed by atoms with Crippen LogP contribution in [-0.2, 0) is 9.59 Å². The van der Waals surface area contributed by atoms with E-state index in [0.717, 1.165) is 36.2 Å². The van der Waals surface area contributed by atoms with E-state index in [1.165, 1.54) is 0 Å². The molecule has 1 aromatic carbocycles. The molecule has 4 aliphatic rings. The second kappa shape index (κ2) is 4.93. The van der Waals surface area contributed by atoms with Crippen LogP contribution in [0.4, 0.5) is 5.69 Å². The number of benzene rings is 1. The number of amides is 2. The molecule has 138 valence electrons. The van der Waals surface area contributed by atoms with Crippen LogP contribution in [0.3, 0.4) is 0 Å². The van der Waals surface area contributed by atoms with Crippen LogP contribution in [-0.4, -0.2) is 38.2 Å². The van der Waals surface area contributed by atoms with E-state index in [9.17, 15) is 29.9 Å². The summed E-state index contributed by atoms with van der Waals surface area (Å²) in [6.07, 6.45) is 7.20. The van der Waals surface area contributed by atoms with Crippen molar-refractivity contribution < 1.29 is 24.7 Å². The van der Waals surface area contributed by atoms with Crippen molar-refractivity contribution in [1.82, 2.24) is 5.01 Å². The predicted octanol–water partition coefficient (Wildman–Crippen LogP) is 1.54.